The van der Waals surface area contributed by atoms with Crippen molar-refractivity contribution in [2.45, 2.75) is 48.0 Å². The highest BCUT2D eigenvalue weighted by atomic mass is 14.2. The van der Waals surface area contributed by atoms with E-state index in [1.54, 1.807) is 0 Å². The number of rotatable bonds is 3. The van der Waals surface area contributed by atoms with Crippen LogP contribution in [-0.2, 0) is 0 Å². The van der Waals surface area contributed by atoms with Crippen LogP contribution < -0.4 is 0 Å². The summed E-state index contributed by atoms with van der Waals surface area (Å²) in [6, 6.07) is 0. The molecule has 0 aliphatic rings. The van der Waals surface area contributed by atoms with Crippen molar-refractivity contribution in [2.75, 3.05) is 0 Å². The maximum Gasteiger partial charge on any atom is -0.0211 e. The van der Waals surface area contributed by atoms with Crippen molar-refractivity contribution in [1.29, 1.82) is 0 Å². The Bertz CT molecular complexity index is 148. The Morgan fingerprint density at radius 2 is 1.67 bits per heavy atom. The average molecular weight is 168 g/mol. The second kappa shape index (κ2) is 4.11. The molecule has 2 unspecified atom stereocenters. The zero-order chi connectivity index (χ0) is 9.94. The lowest BCUT2D eigenvalue weighted by Crippen LogP contribution is -2.17. The highest BCUT2D eigenvalue weighted by molar-refractivity contribution is 4.96. The molecule has 12 heavy (non-hydrogen) atoms. The van der Waals surface area contributed by atoms with Crippen LogP contribution in [0.4, 0.5) is 0 Å². The quantitative estimate of drug-likeness (QED) is 0.552. The molecule has 0 aliphatic carbocycles. The molecule has 0 N–H and O–H groups in total. The normalized spacial score (nSPS) is 17.2. The summed E-state index contributed by atoms with van der Waals surface area (Å²) in [6.45, 7) is 17.6. The van der Waals surface area contributed by atoms with Gasteiger partial charge < -0.3 is 0 Å². The molecule has 0 aromatic rings. The van der Waals surface area contributed by atoms with Gasteiger partial charge in [-0.05, 0) is 30.6 Å². The second-order valence-corrected chi connectivity index (χ2v) is 5.38. The maximum absolute atomic E-state index is 4.01. The predicted octanol–water partition coefficient (Wildman–Crippen LogP) is 4.27. The lowest BCUT2D eigenvalue weighted by molar-refractivity contribution is 0.268. The van der Waals surface area contributed by atoms with Crippen LogP contribution in [0.5, 0.6) is 0 Å². The zero-order valence-corrected chi connectivity index (χ0v) is 9.57. The van der Waals surface area contributed by atoms with Crippen LogP contribution in [0.2, 0.25) is 0 Å². The van der Waals surface area contributed by atoms with E-state index in [0.29, 0.717) is 11.3 Å². The molecule has 0 saturated heterocycles. The van der Waals surface area contributed by atoms with Gasteiger partial charge >= 0.3 is 0 Å². The second-order valence-electron chi connectivity index (χ2n) is 5.38. The molecule has 0 aromatic carbocycles. The number of allylic oxidation sites excluding steroid dienone is 1. The topological polar surface area (TPSA) is 0 Å². The summed E-state index contributed by atoms with van der Waals surface area (Å²) < 4.78 is 0. The molecule has 0 aromatic heterocycles. The fourth-order valence-corrected chi connectivity index (χ4v) is 1.63. The van der Waals surface area contributed by atoms with Crippen molar-refractivity contribution < 1.29 is 0 Å². The van der Waals surface area contributed by atoms with E-state index < -0.39 is 0 Å². The minimum Gasteiger partial charge on any atom is -0.0999 e. The molecule has 72 valence electrons. The van der Waals surface area contributed by atoms with Crippen molar-refractivity contribution >= 4 is 0 Å². The van der Waals surface area contributed by atoms with Crippen LogP contribution in [0.25, 0.3) is 0 Å². The third-order valence-electron chi connectivity index (χ3n) is 2.57. The SMILES string of the molecule is C=C(C)C(C)C(C)CC(C)(C)C. The summed E-state index contributed by atoms with van der Waals surface area (Å²) in [7, 11) is 0. The molecular weight excluding hydrogens is 144 g/mol. The molecule has 0 nitrogen and oxygen atoms in total. The Hall–Kier alpha value is -0.260. The van der Waals surface area contributed by atoms with Gasteiger partial charge in [0, 0.05) is 0 Å². The third kappa shape index (κ3) is 4.58. The summed E-state index contributed by atoms with van der Waals surface area (Å²) in [5, 5.41) is 0. The highest BCUT2D eigenvalue weighted by Gasteiger charge is 2.19. The van der Waals surface area contributed by atoms with Gasteiger partial charge in [0.15, 0.2) is 0 Å². The average Bonchev–Trinajstić information content (AvgIpc) is 1.82. The summed E-state index contributed by atoms with van der Waals surface area (Å²) in [6.07, 6.45) is 1.28. The minimum atomic E-state index is 0.448. The minimum absolute atomic E-state index is 0.448. The van der Waals surface area contributed by atoms with E-state index in [1.165, 1.54) is 12.0 Å². The van der Waals surface area contributed by atoms with E-state index in [1.807, 2.05) is 0 Å². The molecule has 0 heterocycles. The molecule has 0 saturated carbocycles. The molecule has 0 amide bonds. The molecule has 0 spiro atoms. The van der Waals surface area contributed by atoms with Gasteiger partial charge in [0.2, 0.25) is 0 Å². The molecule has 0 bridgehead atoms. The molecule has 0 rings (SSSR count). The largest absolute Gasteiger partial charge is 0.0999 e. The molecule has 0 heteroatoms. The molecule has 0 radical (unpaired) electrons. The third-order valence-corrected chi connectivity index (χ3v) is 2.57. The Kier molecular flexibility index (Phi) is 4.02. The summed E-state index contributed by atoms with van der Waals surface area (Å²) in [4.78, 5) is 0. The van der Waals surface area contributed by atoms with Crippen molar-refractivity contribution in [3.63, 3.8) is 0 Å². The van der Waals surface area contributed by atoms with E-state index in [-0.39, 0.29) is 0 Å². The van der Waals surface area contributed by atoms with Crippen molar-refractivity contribution in [3.05, 3.63) is 12.2 Å². The lowest BCUT2D eigenvalue weighted by atomic mass is 9.78. The van der Waals surface area contributed by atoms with E-state index in [4.69, 9.17) is 0 Å². The summed E-state index contributed by atoms with van der Waals surface area (Å²) in [5.41, 5.74) is 1.76. The van der Waals surface area contributed by atoms with Crippen molar-refractivity contribution in [1.82, 2.24) is 0 Å². The van der Waals surface area contributed by atoms with Crippen LogP contribution in [0, 0.1) is 17.3 Å². The predicted molar refractivity (Wildman–Crippen MR) is 57.2 cm³/mol. The van der Waals surface area contributed by atoms with E-state index >= 15 is 0 Å². The first kappa shape index (κ1) is 11.7. The van der Waals surface area contributed by atoms with Crippen molar-refractivity contribution in [2.24, 2.45) is 17.3 Å². The Morgan fingerprint density at radius 1 is 1.25 bits per heavy atom. The van der Waals surface area contributed by atoms with Crippen LogP contribution in [0.1, 0.15) is 48.0 Å². The van der Waals surface area contributed by atoms with E-state index in [2.05, 4.69) is 48.1 Å². The van der Waals surface area contributed by atoms with Crippen LogP contribution in [0.15, 0.2) is 12.2 Å². The molecular formula is C12H24. The Labute approximate surface area is 78.1 Å². The van der Waals surface area contributed by atoms with Crippen LogP contribution in [-0.4, -0.2) is 0 Å². The number of hydrogen-bond acceptors (Lipinski definition) is 0. The monoisotopic (exact) mass is 168 g/mol. The van der Waals surface area contributed by atoms with Gasteiger partial charge in [0.05, 0.1) is 0 Å². The Balaban J connectivity index is 4.04. The van der Waals surface area contributed by atoms with Crippen LogP contribution >= 0.6 is 0 Å². The smallest absolute Gasteiger partial charge is 0.0211 e. The van der Waals surface area contributed by atoms with Gasteiger partial charge in [-0.1, -0.05) is 46.8 Å². The summed E-state index contributed by atoms with van der Waals surface area (Å²) in [5.74, 6) is 1.41. The van der Waals surface area contributed by atoms with E-state index in [0.717, 1.165) is 5.92 Å². The fraction of sp³-hybridized carbons (Fsp3) is 0.833. The van der Waals surface area contributed by atoms with Crippen molar-refractivity contribution in [3.8, 4) is 0 Å². The maximum atomic E-state index is 4.01. The first-order valence-electron chi connectivity index (χ1n) is 4.89. The first-order valence-corrected chi connectivity index (χ1v) is 4.89. The fourth-order valence-electron chi connectivity index (χ4n) is 1.63. The van der Waals surface area contributed by atoms with Gasteiger partial charge in [0.1, 0.15) is 0 Å². The first-order chi connectivity index (χ1) is 5.24. The lowest BCUT2D eigenvalue weighted by Gasteiger charge is -2.27. The zero-order valence-electron chi connectivity index (χ0n) is 9.57. The Morgan fingerprint density at radius 3 is 1.92 bits per heavy atom. The summed E-state index contributed by atoms with van der Waals surface area (Å²) >= 11 is 0. The van der Waals surface area contributed by atoms with Gasteiger partial charge in [-0.25, -0.2) is 0 Å². The molecule has 0 aliphatic heterocycles. The van der Waals surface area contributed by atoms with E-state index in [9.17, 15) is 0 Å². The standard InChI is InChI=1S/C12H24/c1-9(2)11(4)10(3)8-12(5,6)7/h10-11H,1,8H2,2-7H3. The van der Waals surface area contributed by atoms with Gasteiger partial charge in [-0.2, -0.15) is 0 Å². The van der Waals surface area contributed by atoms with Gasteiger partial charge in [-0.15, -0.1) is 0 Å². The highest BCUT2D eigenvalue weighted by Crippen LogP contribution is 2.30. The molecule has 2 atom stereocenters. The molecule has 0 fully saturated rings. The number of hydrogen-bond donors (Lipinski definition) is 0. The van der Waals surface area contributed by atoms with Crippen LogP contribution in [0.3, 0.4) is 0 Å². The van der Waals surface area contributed by atoms with Gasteiger partial charge in [0.25, 0.3) is 0 Å². The van der Waals surface area contributed by atoms with Gasteiger partial charge in [-0.3, -0.25) is 0 Å².